The van der Waals surface area contributed by atoms with E-state index in [0.717, 1.165) is 17.8 Å². The highest BCUT2D eigenvalue weighted by Crippen LogP contribution is 2.14. The molecule has 2 rings (SSSR count). The number of hydrogen-bond acceptors (Lipinski definition) is 2. The Hall–Kier alpha value is -2.49. The van der Waals surface area contributed by atoms with Crippen LogP contribution in [0.2, 0.25) is 0 Å². The molecule has 0 aliphatic heterocycles. The summed E-state index contributed by atoms with van der Waals surface area (Å²) in [5.41, 5.74) is 1.97. The van der Waals surface area contributed by atoms with Gasteiger partial charge >= 0.3 is 0 Å². The van der Waals surface area contributed by atoms with Gasteiger partial charge in [-0.25, -0.2) is 8.78 Å². The Morgan fingerprint density at radius 3 is 2.24 bits per heavy atom. The highest BCUT2D eigenvalue weighted by Gasteiger charge is 2.04. The lowest BCUT2D eigenvalue weighted by atomic mass is 10.1. The van der Waals surface area contributed by atoms with E-state index in [1.807, 2.05) is 31.1 Å². The fourth-order valence-corrected chi connectivity index (χ4v) is 1.81. The van der Waals surface area contributed by atoms with Crippen molar-refractivity contribution in [3.63, 3.8) is 0 Å². The van der Waals surface area contributed by atoms with Crippen LogP contribution in [0.5, 0.6) is 0 Å². The highest BCUT2D eigenvalue weighted by atomic mass is 19.2. The molecule has 4 heteroatoms. The van der Waals surface area contributed by atoms with Crippen molar-refractivity contribution < 1.29 is 13.6 Å². The molecular weight excluding hydrogens is 272 g/mol. The first-order valence-electron chi connectivity index (χ1n) is 6.42. The number of carbonyl (C=O) groups excluding carboxylic acids is 1. The first-order chi connectivity index (χ1) is 9.97. The number of anilines is 1. The fourth-order valence-electron chi connectivity index (χ4n) is 1.81. The Bertz CT molecular complexity index is 676. The molecule has 2 aromatic carbocycles. The summed E-state index contributed by atoms with van der Waals surface area (Å²) in [7, 11) is 3.83. The van der Waals surface area contributed by atoms with Gasteiger partial charge < -0.3 is 4.90 Å². The summed E-state index contributed by atoms with van der Waals surface area (Å²) in [5, 5.41) is 0. The summed E-state index contributed by atoms with van der Waals surface area (Å²) in [6.45, 7) is 0. The van der Waals surface area contributed by atoms with Crippen LogP contribution in [0.3, 0.4) is 0 Å². The minimum atomic E-state index is -0.931. The Kier molecular flexibility index (Phi) is 4.48. The van der Waals surface area contributed by atoms with Crippen LogP contribution in [-0.4, -0.2) is 19.9 Å². The molecule has 21 heavy (non-hydrogen) atoms. The summed E-state index contributed by atoms with van der Waals surface area (Å²) < 4.78 is 25.8. The minimum absolute atomic E-state index is 0.190. The van der Waals surface area contributed by atoms with Crippen molar-refractivity contribution in [2.24, 2.45) is 0 Å². The van der Waals surface area contributed by atoms with Gasteiger partial charge in [0.1, 0.15) is 0 Å². The van der Waals surface area contributed by atoms with E-state index in [0.29, 0.717) is 11.1 Å². The second-order valence-corrected chi connectivity index (χ2v) is 4.81. The molecule has 0 amide bonds. The van der Waals surface area contributed by atoms with Crippen molar-refractivity contribution in [2.75, 3.05) is 19.0 Å². The molecule has 108 valence electrons. The average Bonchev–Trinajstić information content (AvgIpc) is 2.48. The molecule has 0 aromatic heterocycles. The molecule has 2 aromatic rings. The Labute approximate surface area is 122 Å². The Morgan fingerprint density at radius 2 is 1.67 bits per heavy atom. The molecule has 0 aliphatic carbocycles. The minimum Gasteiger partial charge on any atom is -0.378 e. The molecule has 0 N–H and O–H groups in total. The van der Waals surface area contributed by atoms with Gasteiger partial charge in [-0.15, -0.1) is 0 Å². The van der Waals surface area contributed by atoms with Crippen LogP contribution in [0.25, 0.3) is 6.08 Å². The second kappa shape index (κ2) is 6.31. The topological polar surface area (TPSA) is 20.3 Å². The number of halogens is 2. The SMILES string of the molecule is CN(C)c1ccc(C(=O)/C=C/c2ccc(F)c(F)c2)cc1. The number of nitrogens with zero attached hydrogens (tertiary/aromatic N) is 1. The zero-order valence-corrected chi connectivity index (χ0v) is 11.8. The summed E-state index contributed by atoms with van der Waals surface area (Å²) >= 11 is 0. The van der Waals surface area contributed by atoms with E-state index in [2.05, 4.69) is 0 Å². The number of rotatable bonds is 4. The second-order valence-electron chi connectivity index (χ2n) is 4.81. The summed E-state index contributed by atoms with van der Waals surface area (Å²) in [6, 6.07) is 10.6. The van der Waals surface area contributed by atoms with E-state index in [4.69, 9.17) is 0 Å². The summed E-state index contributed by atoms with van der Waals surface area (Å²) in [4.78, 5) is 13.9. The van der Waals surface area contributed by atoms with Crippen molar-refractivity contribution in [1.29, 1.82) is 0 Å². The first-order valence-corrected chi connectivity index (χ1v) is 6.42. The third-order valence-corrected chi connectivity index (χ3v) is 3.04. The first kappa shape index (κ1) is 14.9. The van der Waals surface area contributed by atoms with Crippen molar-refractivity contribution in [3.05, 3.63) is 71.3 Å². The molecule has 0 atom stereocenters. The molecule has 0 radical (unpaired) electrons. The van der Waals surface area contributed by atoms with Crippen molar-refractivity contribution in [3.8, 4) is 0 Å². The van der Waals surface area contributed by atoms with Crippen LogP contribution in [0, 0.1) is 11.6 Å². The zero-order valence-electron chi connectivity index (χ0n) is 11.8. The molecule has 0 aliphatic rings. The third kappa shape index (κ3) is 3.75. The predicted octanol–water partition coefficient (Wildman–Crippen LogP) is 3.93. The lowest BCUT2D eigenvalue weighted by Crippen LogP contribution is -2.08. The molecule has 0 unspecified atom stereocenters. The zero-order chi connectivity index (χ0) is 15.4. The summed E-state index contributed by atoms with van der Waals surface area (Å²) in [5.74, 6) is -2.03. The molecule has 0 bridgehead atoms. The van der Waals surface area contributed by atoms with Crippen LogP contribution < -0.4 is 4.90 Å². The van der Waals surface area contributed by atoms with Gasteiger partial charge in [-0.05, 0) is 48.0 Å². The quantitative estimate of drug-likeness (QED) is 0.627. The largest absolute Gasteiger partial charge is 0.378 e. The van der Waals surface area contributed by atoms with Gasteiger partial charge in [-0.2, -0.15) is 0 Å². The lowest BCUT2D eigenvalue weighted by molar-refractivity contribution is 0.104. The maximum Gasteiger partial charge on any atom is 0.185 e. The van der Waals surface area contributed by atoms with Gasteiger partial charge in [0.15, 0.2) is 17.4 Å². The molecule has 0 fully saturated rings. The molecule has 2 nitrogen and oxygen atoms in total. The van der Waals surface area contributed by atoms with Crippen molar-refractivity contribution >= 4 is 17.5 Å². The maximum absolute atomic E-state index is 13.0. The monoisotopic (exact) mass is 287 g/mol. The number of allylic oxidation sites excluding steroid dienone is 1. The van der Waals surface area contributed by atoms with E-state index in [9.17, 15) is 13.6 Å². The Balaban J connectivity index is 2.13. The van der Waals surface area contributed by atoms with Crippen LogP contribution in [-0.2, 0) is 0 Å². The van der Waals surface area contributed by atoms with Crippen molar-refractivity contribution in [1.82, 2.24) is 0 Å². The van der Waals surface area contributed by atoms with Crippen LogP contribution >= 0.6 is 0 Å². The number of hydrogen-bond donors (Lipinski definition) is 0. The van der Waals surface area contributed by atoms with Gasteiger partial charge in [0.25, 0.3) is 0 Å². The van der Waals surface area contributed by atoms with E-state index in [1.165, 1.54) is 18.2 Å². The van der Waals surface area contributed by atoms with Crippen LogP contribution in [0.15, 0.2) is 48.5 Å². The van der Waals surface area contributed by atoms with E-state index < -0.39 is 11.6 Å². The number of ketones is 1. The molecular formula is C17H15F2NO. The van der Waals surface area contributed by atoms with Crippen LogP contribution in [0.1, 0.15) is 15.9 Å². The number of benzene rings is 2. The van der Waals surface area contributed by atoms with E-state index in [-0.39, 0.29) is 5.78 Å². The lowest BCUT2D eigenvalue weighted by Gasteiger charge is -2.11. The third-order valence-electron chi connectivity index (χ3n) is 3.04. The Morgan fingerprint density at radius 1 is 1.00 bits per heavy atom. The molecule has 0 saturated heterocycles. The predicted molar refractivity (Wildman–Crippen MR) is 80.5 cm³/mol. The smallest absolute Gasteiger partial charge is 0.185 e. The highest BCUT2D eigenvalue weighted by molar-refractivity contribution is 6.06. The van der Waals surface area contributed by atoms with Crippen molar-refractivity contribution in [2.45, 2.75) is 0 Å². The van der Waals surface area contributed by atoms with Crippen LogP contribution in [0.4, 0.5) is 14.5 Å². The molecule has 0 spiro atoms. The van der Waals surface area contributed by atoms with Gasteiger partial charge in [0.2, 0.25) is 0 Å². The van der Waals surface area contributed by atoms with E-state index in [1.54, 1.807) is 12.1 Å². The fraction of sp³-hybridized carbons (Fsp3) is 0.118. The van der Waals surface area contributed by atoms with Gasteiger partial charge in [-0.1, -0.05) is 12.1 Å². The van der Waals surface area contributed by atoms with Gasteiger partial charge in [0.05, 0.1) is 0 Å². The normalized spacial score (nSPS) is 10.9. The standard InChI is InChI=1S/C17H15F2NO/c1-20(2)14-7-5-13(6-8-14)17(21)10-4-12-3-9-15(18)16(19)11-12/h3-11H,1-2H3/b10-4+. The van der Waals surface area contributed by atoms with Gasteiger partial charge in [0, 0.05) is 25.3 Å². The molecule has 0 saturated carbocycles. The maximum atomic E-state index is 13.0. The number of carbonyl (C=O) groups is 1. The average molecular weight is 287 g/mol. The molecule has 0 heterocycles. The van der Waals surface area contributed by atoms with Gasteiger partial charge in [-0.3, -0.25) is 4.79 Å². The summed E-state index contributed by atoms with van der Waals surface area (Å²) in [6.07, 6.45) is 2.81. The van der Waals surface area contributed by atoms with E-state index >= 15 is 0 Å².